The van der Waals surface area contributed by atoms with E-state index in [4.69, 9.17) is 4.74 Å². The first-order chi connectivity index (χ1) is 8.84. The summed E-state index contributed by atoms with van der Waals surface area (Å²) in [7, 11) is 1.54. The highest BCUT2D eigenvalue weighted by molar-refractivity contribution is 5.85. The van der Waals surface area contributed by atoms with E-state index in [-0.39, 0.29) is 17.4 Å². The van der Waals surface area contributed by atoms with Crippen LogP contribution in [0.25, 0.3) is 0 Å². The molecule has 0 aliphatic heterocycles. The van der Waals surface area contributed by atoms with Crippen LogP contribution in [-0.4, -0.2) is 25.0 Å². The van der Waals surface area contributed by atoms with E-state index in [9.17, 15) is 9.59 Å². The second-order valence-corrected chi connectivity index (χ2v) is 6.09. The molecular weight excluding hydrogens is 242 g/mol. The molecule has 4 heteroatoms. The van der Waals surface area contributed by atoms with Gasteiger partial charge >= 0.3 is 6.09 Å². The normalized spacial score (nSPS) is 25.9. The highest BCUT2D eigenvalue weighted by Gasteiger charge is 2.30. The Labute approximate surface area is 115 Å². The van der Waals surface area contributed by atoms with E-state index in [0.717, 1.165) is 19.3 Å². The molecule has 0 heterocycles. The first-order valence-electron chi connectivity index (χ1n) is 6.94. The Morgan fingerprint density at radius 3 is 2.47 bits per heavy atom. The first-order valence-corrected chi connectivity index (χ1v) is 6.94. The molecular formula is C15H25NO3. The van der Waals surface area contributed by atoms with Gasteiger partial charge in [0.15, 0.2) is 0 Å². The molecule has 0 saturated carbocycles. The third-order valence-corrected chi connectivity index (χ3v) is 3.40. The molecule has 0 saturated heterocycles. The lowest BCUT2D eigenvalue weighted by Gasteiger charge is -2.26. The molecule has 0 fully saturated rings. The van der Waals surface area contributed by atoms with Gasteiger partial charge in [-0.2, -0.15) is 0 Å². The van der Waals surface area contributed by atoms with Crippen molar-refractivity contribution >= 4 is 11.9 Å². The van der Waals surface area contributed by atoms with Gasteiger partial charge in [0.2, 0.25) is 0 Å². The summed E-state index contributed by atoms with van der Waals surface area (Å²) in [6, 6.07) is 0. The fourth-order valence-corrected chi connectivity index (χ4v) is 2.32. The molecule has 1 N–H and O–H groups in total. The Morgan fingerprint density at radius 2 is 1.89 bits per heavy atom. The number of ether oxygens (including phenoxy) is 1. The SMILES string of the molecule is CNC(=O)OC1/C=C/CCC(C(=O)C(C)(C)C)CC1. The van der Waals surface area contributed by atoms with Gasteiger partial charge in [-0.25, -0.2) is 4.79 Å². The quantitative estimate of drug-likeness (QED) is 0.782. The summed E-state index contributed by atoms with van der Waals surface area (Å²) in [5.41, 5.74) is -0.301. The topological polar surface area (TPSA) is 55.4 Å². The fraction of sp³-hybridized carbons (Fsp3) is 0.733. The number of carbonyl (C=O) groups excluding carboxylic acids is 2. The Balaban J connectivity index is 2.62. The van der Waals surface area contributed by atoms with Gasteiger partial charge in [-0.05, 0) is 31.8 Å². The highest BCUT2D eigenvalue weighted by Crippen LogP contribution is 2.28. The average Bonchev–Trinajstić information content (AvgIpc) is 2.31. The van der Waals surface area contributed by atoms with Crippen molar-refractivity contribution in [2.24, 2.45) is 11.3 Å². The van der Waals surface area contributed by atoms with Crippen LogP contribution in [0, 0.1) is 11.3 Å². The maximum atomic E-state index is 12.3. The van der Waals surface area contributed by atoms with Crippen LogP contribution in [0.3, 0.4) is 0 Å². The van der Waals surface area contributed by atoms with E-state index < -0.39 is 6.09 Å². The van der Waals surface area contributed by atoms with Crippen molar-refractivity contribution < 1.29 is 14.3 Å². The van der Waals surface area contributed by atoms with Gasteiger partial charge in [-0.3, -0.25) is 4.79 Å². The number of alkyl carbamates (subject to hydrolysis) is 1. The second kappa shape index (κ2) is 6.73. The van der Waals surface area contributed by atoms with Gasteiger partial charge in [0, 0.05) is 18.4 Å². The van der Waals surface area contributed by atoms with Crippen LogP contribution in [0.2, 0.25) is 0 Å². The molecule has 4 nitrogen and oxygen atoms in total. The van der Waals surface area contributed by atoms with E-state index in [1.165, 1.54) is 0 Å². The number of Topliss-reactive ketones (excluding diaryl/α,β-unsaturated/α-hetero) is 1. The molecule has 108 valence electrons. The third kappa shape index (κ3) is 5.05. The molecule has 19 heavy (non-hydrogen) atoms. The molecule has 2 unspecified atom stereocenters. The van der Waals surface area contributed by atoms with E-state index >= 15 is 0 Å². The number of nitrogens with one attached hydrogen (secondary N) is 1. The zero-order valence-electron chi connectivity index (χ0n) is 12.4. The molecule has 1 rings (SSSR count). The summed E-state index contributed by atoms with van der Waals surface area (Å²) in [5, 5.41) is 2.44. The fourth-order valence-electron chi connectivity index (χ4n) is 2.32. The van der Waals surface area contributed by atoms with Crippen LogP contribution in [0.5, 0.6) is 0 Å². The van der Waals surface area contributed by atoms with Gasteiger partial charge in [-0.15, -0.1) is 0 Å². The highest BCUT2D eigenvalue weighted by atomic mass is 16.6. The number of hydrogen-bond donors (Lipinski definition) is 1. The lowest BCUT2D eigenvalue weighted by atomic mass is 9.78. The zero-order valence-corrected chi connectivity index (χ0v) is 12.4. The van der Waals surface area contributed by atoms with Crippen molar-refractivity contribution in [3.05, 3.63) is 12.2 Å². The largest absolute Gasteiger partial charge is 0.442 e. The van der Waals surface area contributed by atoms with Crippen LogP contribution in [-0.2, 0) is 9.53 Å². The minimum absolute atomic E-state index is 0.0701. The summed E-state index contributed by atoms with van der Waals surface area (Å²) in [4.78, 5) is 23.5. The number of amides is 1. The zero-order chi connectivity index (χ0) is 14.5. The Morgan fingerprint density at radius 1 is 1.21 bits per heavy atom. The van der Waals surface area contributed by atoms with E-state index in [2.05, 4.69) is 5.32 Å². The molecule has 0 bridgehead atoms. The number of carbonyl (C=O) groups is 2. The van der Waals surface area contributed by atoms with Gasteiger partial charge in [0.05, 0.1) is 0 Å². The van der Waals surface area contributed by atoms with Crippen LogP contribution in [0.15, 0.2) is 12.2 Å². The minimum Gasteiger partial charge on any atom is -0.442 e. The second-order valence-electron chi connectivity index (χ2n) is 6.09. The minimum atomic E-state index is -0.422. The molecule has 1 aliphatic carbocycles. The lowest BCUT2D eigenvalue weighted by Crippen LogP contribution is -2.31. The smallest absolute Gasteiger partial charge is 0.407 e. The Bertz CT molecular complexity index is 355. The number of allylic oxidation sites excluding steroid dienone is 1. The van der Waals surface area contributed by atoms with Crippen LogP contribution in [0.4, 0.5) is 4.79 Å². The predicted octanol–water partition coefficient (Wildman–Crippen LogP) is 3.07. The van der Waals surface area contributed by atoms with E-state index in [1.54, 1.807) is 7.05 Å². The van der Waals surface area contributed by atoms with Gasteiger partial charge in [0.25, 0.3) is 0 Å². The lowest BCUT2D eigenvalue weighted by molar-refractivity contribution is -0.131. The number of ketones is 1. The Kier molecular flexibility index (Phi) is 5.58. The summed E-state index contributed by atoms with van der Waals surface area (Å²) >= 11 is 0. The van der Waals surface area contributed by atoms with E-state index in [1.807, 2.05) is 32.9 Å². The number of rotatable bonds is 2. The summed E-state index contributed by atoms with van der Waals surface area (Å²) in [6.07, 6.45) is 6.52. The molecule has 1 amide bonds. The van der Waals surface area contributed by atoms with Crippen molar-refractivity contribution in [3.8, 4) is 0 Å². The van der Waals surface area contributed by atoms with Crippen LogP contribution in [0.1, 0.15) is 46.5 Å². The molecule has 0 aromatic rings. The van der Waals surface area contributed by atoms with Crippen LogP contribution < -0.4 is 5.32 Å². The van der Waals surface area contributed by atoms with Crippen molar-refractivity contribution in [3.63, 3.8) is 0 Å². The molecule has 0 radical (unpaired) electrons. The van der Waals surface area contributed by atoms with Crippen molar-refractivity contribution in [1.82, 2.24) is 5.32 Å². The maximum Gasteiger partial charge on any atom is 0.407 e. The molecule has 0 aromatic heterocycles. The maximum absolute atomic E-state index is 12.3. The van der Waals surface area contributed by atoms with Gasteiger partial charge in [0.1, 0.15) is 11.9 Å². The summed E-state index contributed by atoms with van der Waals surface area (Å²) in [5.74, 6) is 0.377. The van der Waals surface area contributed by atoms with Gasteiger partial charge < -0.3 is 10.1 Å². The van der Waals surface area contributed by atoms with Crippen LogP contribution >= 0.6 is 0 Å². The average molecular weight is 267 g/mol. The summed E-state index contributed by atoms with van der Waals surface area (Å²) in [6.45, 7) is 5.88. The van der Waals surface area contributed by atoms with Crippen molar-refractivity contribution in [1.29, 1.82) is 0 Å². The molecule has 0 spiro atoms. The monoisotopic (exact) mass is 267 g/mol. The molecule has 1 aliphatic rings. The van der Waals surface area contributed by atoms with Gasteiger partial charge in [-0.1, -0.05) is 26.8 Å². The van der Waals surface area contributed by atoms with E-state index in [0.29, 0.717) is 12.2 Å². The summed E-state index contributed by atoms with van der Waals surface area (Å²) < 4.78 is 5.24. The van der Waals surface area contributed by atoms with Crippen molar-refractivity contribution in [2.45, 2.75) is 52.6 Å². The predicted molar refractivity (Wildman–Crippen MR) is 74.9 cm³/mol. The number of hydrogen-bond acceptors (Lipinski definition) is 3. The Hall–Kier alpha value is -1.32. The standard InChI is InChI=1S/C15H25NO3/c1-15(2,3)13(17)11-7-5-6-8-12(10-9-11)19-14(18)16-4/h6,8,11-12H,5,7,9-10H2,1-4H3,(H,16,18)/b8-6+. The third-order valence-electron chi connectivity index (χ3n) is 3.40. The first kappa shape index (κ1) is 15.7. The molecule has 0 aromatic carbocycles. The van der Waals surface area contributed by atoms with Crippen molar-refractivity contribution in [2.75, 3.05) is 7.05 Å². The molecule has 2 atom stereocenters.